The van der Waals surface area contributed by atoms with E-state index in [0.29, 0.717) is 13.2 Å². The number of likely N-dealkylation sites (N-methyl/N-ethyl adjacent to an activating group) is 1. The number of benzene rings is 2. The highest BCUT2D eigenvalue weighted by Crippen LogP contribution is 2.25. The normalized spacial score (nSPS) is 12.5. The van der Waals surface area contributed by atoms with Gasteiger partial charge in [-0.2, -0.15) is 5.10 Å². The summed E-state index contributed by atoms with van der Waals surface area (Å²) in [5, 5.41) is 4.26. The third-order valence-corrected chi connectivity index (χ3v) is 4.33. The minimum atomic E-state index is -0.201. The van der Waals surface area contributed by atoms with E-state index in [1.807, 2.05) is 49.1 Å². The molecule has 5 heteroatoms. The van der Waals surface area contributed by atoms with Crippen LogP contribution in [0.15, 0.2) is 66.9 Å². The first kappa shape index (κ1) is 18.3. The summed E-state index contributed by atoms with van der Waals surface area (Å²) in [5.74, 6) is -0.201. The third-order valence-electron chi connectivity index (χ3n) is 4.33. The molecule has 0 aliphatic carbocycles. The molecule has 4 nitrogen and oxygen atoms in total. The van der Waals surface area contributed by atoms with Crippen molar-refractivity contribution in [2.45, 2.75) is 12.6 Å². The van der Waals surface area contributed by atoms with Gasteiger partial charge in [0, 0.05) is 26.3 Å². The Kier molecular flexibility index (Phi) is 6.15. The molecule has 1 atom stereocenters. The van der Waals surface area contributed by atoms with Crippen molar-refractivity contribution < 1.29 is 9.13 Å². The first-order valence-electron chi connectivity index (χ1n) is 8.71. The Hall–Kier alpha value is -2.50. The number of hydrogen-bond acceptors (Lipinski definition) is 3. The maximum atomic E-state index is 13.3. The Morgan fingerprint density at radius 1 is 1.12 bits per heavy atom. The van der Waals surface area contributed by atoms with E-state index in [1.54, 1.807) is 18.3 Å². The number of nitrogens with zero attached hydrogens (tertiary/aromatic N) is 3. The predicted molar refractivity (Wildman–Crippen MR) is 100 cm³/mol. The Balaban J connectivity index is 1.61. The second-order valence-electron chi connectivity index (χ2n) is 6.41. The second kappa shape index (κ2) is 8.74. The van der Waals surface area contributed by atoms with Crippen molar-refractivity contribution in [3.63, 3.8) is 0 Å². The van der Waals surface area contributed by atoms with Gasteiger partial charge in [0.1, 0.15) is 11.9 Å². The molecule has 0 amide bonds. The summed E-state index contributed by atoms with van der Waals surface area (Å²) >= 11 is 0. The summed E-state index contributed by atoms with van der Waals surface area (Å²) in [7, 11) is 3.93. The molecule has 1 aromatic heterocycles. The molecule has 0 bridgehead atoms. The lowest BCUT2D eigenvalue weighted by molar-refractivity contribution is 0.0589. The van der Waals surface area contributed by atoms with Gasteiger partial charge >= 0.3 is 0 Å². The minimum Gasteiger partial charge on any atom is -0.366 e. The third kappa shape index (κ3) is 4.77. The fourth-order valence-electron chi connectivity index (χ4n) is 2.97. The largest absolute Gasteiger partial charge is 0.366 e. The number of aryl methyl sites for hydroxylation is 1. The second-order valence-corrected chi connectivity index (χ2v) is 6.41. The lowest BCUT2D eigenvalue weighted by Gasteiger charge is -2.22. The van der Waals surface area contributed by atoms with E-state index in [0.717, 1.165) is 23.4 Å². The Morgan fingerprint density at radius 3 is 2.62 bits per heavy atom. The van der Waals surface area contributed by atoms with Gasteiger partial charge in [-0.1, -0.05) is 42.5 Å². The van der Waals surface area contributed by atoms with Crippen LogP contribution in [0.5, 0.6) is 0 Å². The zero-order chi connectivity index (χ0) is 18.4. The summed E-state index contributed by atoms with van der Waals surface area (Å²) in [6.07, 6.45) is 1.62. The molecular formula is C21H24FN3O. The summed E-state index contributed by atoms with van der Waals surface area (Å²) < 4.78 is 21.4. The van der Waals surface area contributed by atoms with Crippen molar-refractivity contribution in [2.24, 2.45) is 7.05 Å². The topological polar surface area (TPSA) is 30.3 Å². The fraction of sp³-hybridized carbons (Fsp3) is 0.286. The maximum Gasteiger partial charge on any atom is 0.124 e. The van der Waals surface area contributed by atoms with Crippen LogP contribution in [-0.4, -0.2) is 34.9 Å². The lowest BCUT2D eigenvalue weighted by Crippen LogP contribution is -2.24. The van der Waals surface area contributed by atoms with Gasteiger partial charge in [0.25, 0.3) is 0 Å². The van der Waals surface area contributed by atoms with Gasteiger partial charge in [-0.05, 0) is 36.4 Å². The molecule has 0 saturated carbocycles. The highest BCUT2D eigenvalue weighted by atomic mass is 19.1. The minimum absolute atomic E-state index is 0.161. The van der Waals surface area contributed by atoms with Gasteiger partial charge in [0.2, 0.25) is 0 Å². The molecule has 0 spiro atoms. The molecule has 1 heterocycles. The van der Waals surface area contributed by atoms with Crippen molar-refractivity contribution in [1.29, 1.82) is 0 Å². The van der Waals surface area contributed by atoms with Crippen LogP contribution >= 0.6 is 0 Å². The highest BCUT2D eigenvalue weighted by molar-refractivity contribution is 5.25. The zero-order valence-electron chi connectivity index (χ0n) is 15.2. The number of ether oxygens (including phenoxy) is 1. The number of aromatic nitrogens is 2. The van der Waals surface area contributed by atoms with Crippen LogP contribution in [0.1, 0.15) is 22.9 Å². The molecule has 0 fully saturated rings. The van der Waals surface area contributed by atoms with Gasteiger partial charge in [-0.3, -0.25) is 9.58 Å². The average Bonchev–Trinajstić information content (AvgIpc) is 3.05. The summed E-state index contributed by atoms with van der Waals surface area (Å²) in [5.41, 5.74) is 3.08. The monoisotopic (exact) mass is 353 g/mol. The molecule has 1 unspecified atom stereocenters. The van der Waals surface area contributed by atoms with E-state index in [-0.39, 0.29) is 11.9 Å². The first-order valence-corrected chi connectivity index (χ1v) is 8.71. The van der Waals surface area contributed by atoms with E-state index in [2.05, 4.69) is 22.1 Å². The Bertz CT molecular complexity index is 819. The van der Waals surface area contributed by atoms with Gasteiger partial charge in [-0.25, -0.2) is 4.39 Å². The van der Waals surface area contributed by atoms with Gasteiger partial charge in [0.05, 0.1) is 12.3 Å². The van der Waals surface area contributed by atoms with Crippen LogP contribution < -0.4 is 0 Å². The summed E-state index contributed by atoms with van der Waals surface area (Å²) in [4.78, 5) is 2.13. The van der Waals surface area contributed by atoms with Crippen molar-refractivity contribution >= 4 is 0 Å². The molecule has 0 radical (unpaired) electrons. The fourth-order valence-corrected chi connectivity index (χ4v) is 2.97. The van der Waals surface area contributed by atoms with Crippen molar-refractivity contribution in [1.82, 2.24) is 14.7 Å². The van der Waals surface area contributed by atoms with E-state index < -0.39 is 0 Å². The van der Waals surface area contributed by atoms with Crippen molar-refractivity contribution in [3.8, 4) is 0 Å². The predicted octanol–water partition coefficient (Wildman–Crippen LogP) is 3.80. The highest BCUT2D eigenvalue weighted by Gasteiger charge is 2.18. The van der Waals surface area contributed by atoms with Crippen LogP contribution in [-0.2, 0) is 18.3 Å². The van der Waals surface area contributed by atoms with Crippen molar-refractivity contribution in [3.05, 3.63) is 89.5 Å². The van der Waals surface area contributed by atoms with E-state index in [4.69, 9.17) is 4.74 Å². The zero-order valence-corrected chi connectivity index (χ0v) is 15.2. The molecule has 0 N–H and O–H groups in total. The van der Waals surface area contributed by atoms with E-state index in [1.165, 1.54) is 6.07 Å². The van der Waals surface area contributed by atoms with Crippen molar-refractivity contribution in [2.75, 3.05) is 20.2 Å². The smallest absolute Gasteiger partial charge is 0.124 e. The molecule has 3 rings (SSSR count). The molecule has 0 aliphatic rings. The Morgan fingerprint density at radius 2 is 1.92 bits per heavy atom. The van der Waals surface area contributed by atoms with Gasteiger partial charge in [0.15, 0.2) is 0 Å². The quantitative estimate of drug-likeness (QED) is 0.617. The summed E-state index contributed by atoms with van der Waals surface area (Å²) in [6, 6.07) is 18.8. The standard InChI is InChI=1S/C21H24FN3O/c1-24(16-17-7-6-10-19(22)15-17)13-14-26-21(18-8-4-3-5-9-18)20-11-12-23-25(20)2/h3-12,15,21H,13-14,16H2,1-2H3. The number of rotatable bonds is 8. The molecule has 0 aliphatic heterocycles. The Labute approximate surface area is 153 Å². The van der Waals surface area contributed by atoms with Gasteiger partial charge < -0.3 is 4.74 Å². The first-order chi connectivity index (χ1) is 12.6. The molecule has 0 saturated heterocycles. The number of hydrogen-bond donors (Lipinski definition) is 0. The molecule has 3 aromatic rings. The van der Waals surface area contributed by atoms with E-state index in [9.17, 15) is 4.39 Å². The molecule has 136 valence electrons. The number of halogens is 1. The van der Waals surface area contributed by atoms with Crippen LogP contribution in [0.4, 0.5) is 4.39 Å². The van der Waals surface area contributed by atoms with Crippen LogP contribution in [0.2, 0.25) is 0 Å². The van der Waals surface area contributed by atoms with E-state index >= 15 is 0 Å². The van der Waals surface area contributed by atoms with Crippen LogP contribution in [0.25, 0.3) is 0 Å². The SMILES string of the molecule is CN(CCOC(c1ccccc1)c1ccnn1C)Cc1cccc(F)c1. The maximum absolute atomic E-state index is 13.3. The molecular weight excluding hydrogens is 329 g/mol. The summed E-state index contributed by atoms with van der Waals surface area (Å²) in [6.45, 7) is 2.00. The molecule has 26 heavy (non-hydrogen) atoms. The lowest BCUT2D eigenvalue weighted by atomic mass is 10.1. The average molecular weight is 353 g/mol. The van der Waals surface area contributed by atoms with Gasteiger partial charge in [-0.15, -0.1) is 0 Å². The van der Waals surface area contributed by atoms with Crippen LogP contribution in [0.3, 0.4) is 0 Å². The molecule has 2 aromatic carbocycles. The van der Waals surface area contributed by atoms with Crippen LogP contribution in [0, 0.1) is 5.82 Å².